The number of hydrogen-bond acceptors (Lipinski definition) is 3. The summed E-state index contributed by atoms with van der Waals surface area (Å²) in [5.74, 6) is -0.0161. The van der Waals surface area contributed by atoms with Crippen molar-refractivity contribution in [1.82, 2.24) is 10.6 Å². The largest absolute Gasteiger partial charge is 0.392 e. The Hall–Kier alpha value is -1.39. The molecule has 104 valence electrons. The van der Waals surface area contributed by atoms with Gasteiger partial charge in [0.05, 0.1) is 12.1 Å². The van der Waals surface area contributed by atoms with Gasteiger partial charge in [-0.1, -0.05) is 24.3 Å². The van der Waals surface area contributed by atoms with Gasteiger partial charge in [0.2, 0.25) is 5.91 Å². The van der Waals surface area contributed by atoms with Gasteiger partial charge in [-0.05, 0) is 37.8 Å². The Labute approximate surface area is 114 Å². The van der Waals surface area contributed by atoms with Crippen LogP contribution >= 0.6 is 0 Å². The predicted octanol–water partition coefficient (Wildman–Crippen LogP) is 0.765. The van der Waals surface area contributed by atoms with E-state index in [-0.39, 0.29) is 18.0 Å². The van der Waals surface area contributed by atoms with E-state index in [1.54, 1.807) is 0 Å². The first-order chi connectivity index (χ1) is 9.06. The Morgan fingerprint density at radius 2 is 2.26 bits per heavy atom. The number of nitrogens with one attached hydrogen (secondary N) is 2. The van der Waals surface area contributed by atoms with Crippen molar-refractivity contribution in [2.75, 3.05) is 6.54 Å². The minimum atomic E-state index is -0.401. The Bertz CT molecular complexity index is 448. The lowest BCUT2D eigenvalue weighted by Gasteiger charge is -2.18. The molecule has 3 unspecified atom stereocenters. The first kappa shape index (κ1) is 14.0. The third-order valence-electron chi connectivity index (χ3n) is 3.60. The fourth-order valence-electron chi connectivity index (χ4n) is 2.48. The van der Waals surface area contributed by atoms with E-state index in [4.69, 9.17) is 0 Å². The van der Waals surface area contributed by atoms with Crippen LogP contribution in [0, 0.1) is 6.92 Å². The molecule has 0 bridgehead atoms. The van der Waals surface area contributed by atoms with E-state index in [9.17, 15) is 9.90 Å². The van der Waals surface area contributed by atoms with Crippen LogP contribution in [-0.4, -0.2) is 35.7 Å². The molecule has 3 atom stereocenters. The highest BCUT2D eigenvalue weighted by molar-refractivity contribution is 5.82. The van der Waals surface area contributed by atoms with Crippen molar-refractivity contribution in [1.29, 1.82) is 0 Å². The molecule has 0 aromatic heterocycles. The van der Waals surface area contributed by atoms with E-state index in [1.807, 2.05) is 19.1 Å². The van der Waals surface area contributed by atoms with Gasteiger partial charge in [0.1, 0.15) is 0 Å². The number of benzene rings is 1. The average molecular weight is 262 g/mol. The molecule has 3 N–H and O–H groups in total. The standard InChI is InChI=1S/C15H22N2O2/c1-10-5-3-4-6-12(10)7-11(2)17-15(19)14-8-13(18)9-16-14/h3-6,11,13-14,16,18H,7-9H2,1-2H3,(H,17,19). The highest BCUT2D eigenvalue weighted by Crippen LogP contribution is 2.11. The van der Waals surface area contributed by atoms with Crippen molar-refractivity contribution in [3.63, 3.8) is 0 Å². The van der Waals surface area contributed by atoms with Crippen molar-refractivity contribution >= 4 is 5.91 Å². The molecular formula is C15H22N2O2. The predicted molar refractivity (Wildman–Crippen MR) is 74.9 cm³/mol. The summed E-state index contributed by atoms with van der Waals surface area (Å²) in [6.07, 6.45) is 0.929. The van der Waals surface area contributed by atoms with Crippen LogP contribution in [-0.2, 0) is 11.2 Å². The topological polar surface area (TPSA) is 61.4 Å². The summed E-state index contributed by atoms with van der Waals surface area (Å²) in [6.45, 7) is 4.60. The SMILES string of the molecule is Cc1ccccc1CC(C)NC(=O)C1CC(O)CN1. The molecule has 0 saturated carbocycles. The minimum absolute atomic E-state index is 0.0161. The number of aliphatic hydroxyl groups excluding tert-OH is 1. The van der Waals surface area contributed by atoms with E-state index in [0.29, 0.717) is 13.0 Å². The van der Waals surface area contributed by atoms with Crippen LogP contribution in [0.3, 0.4) is 0 Å². The first-order valence-electron chi connectivity index (χ1n) is 6.82. The lowest BCUT2D eigenvalue weighted by Crippen LogP contribution is -2.44. The highest BCUT2D eigenvalue weighted by atomic mass is 16.3. The van der Waals surface area contributed by atoms with E-state index in [2.05, 4.69) is 29.7 Å². The van der Waals surface area contributed by atoms with Gasteiger partial charge < -0.3 is 15.7 Å². The Kier molecular flexibility index (Phi) is 4.56. The number of aliphatic hydroxyl groups is 1. The fourth-order valence-corrected chi connectivity index (χ4v) is 2.48. The maximum atomic E-state index is 12.0. The van der Waals surface area contributed by atoms with Gasteiger partial charge in [-0.25, -0.2) is 0 Å². The zero-order chi connectivity index (χ0) is 13.8. The summed E-state index contributed by atoms with van der Waals surface area (Å²) < 4.78 is 0. The first-order valence-corrected chi connectivity index (χ1v) is 6.82. The van der Waals surface area contributed by atoms with Gasteiger partial charge in [0, 0.05) is 12.6 Å². The normalized spacial score (nSPS) is 24.2. The molecule has 0 radical (unpaired) electrons. The molecule has 19 heavy (non-hydrogen) atoms. The van der Waals surface area contributed by atoms with Gasteiger partial charge >= 0.3 is 0 Å². The molecule has 1 aliphatic rings. The molecule has 1 fully saturated rings. The average Bonchev–Trinajstić information content (AvgIpc) is 2.79. The van der Waals surface area contributed by atoms with E-state index < -0.39 is 6.10 Å². The van der Waals surface area contributed by atoms with Crippen LogP contribution < -0.4 is 10.6 Å². The van der Waals surface area contributed by atoms with Crippen LogP contribution in [0.4, 0.5) is 0 Å². The molecule has 2 rings (SSSR count). The Balaban J connectivity index is 1.86. The van der Waals surface area contributed by atoms with Gasteiger partial charge in [-0.3, -0.25) is 4.79 Å². The van der Waals surface area contributed by atoms with Crippen molar-refractivity contribution < 1.29 is 9.90 Å². The molecule has 4 nitrogen and oxygen atoms in total. The number of hydrogen-bond donors (Lipinski definition) is 3. The third kappa shape index (κ3) is 3.78. The highest BCUT2D eigenvalue weighted by Gasteiger charge is 2.28. The van der Waals surface area contributed by atoms with Gasteiger partial charge in [-0.2, -0.15) is 0 Å². The van der Waals surface area contributed by atoms with Gasteiger partial charge in [0.25, 0.3) is 0 Å². The molecular weight excluding hydrogens is 240 g/mol. The molecule has 1 aliphatic heterocycles. The number of rotatable bonds is 4. The lowest BCUT2D eigenvalue weighted by atomic mass is 10.0. The van der Waals surface area contributed by atoms with Gasteiger partial charge in [-0.15, -0.1) is 0 Å². The summed E-state index contributed by atoms with van der Waals surface area (Å²) >= 11 is 0. The quantitative estimate of drug-likeness (QED) is 0.751. The van der Waals surface area contributed by atoms with E-state index in [1.165, 1.54) is 11.1 Å². The molecule has 4 heteroatoms. The third-order valence-corrected chi connectivity index (χ3v) is 3.60. The zero-order valence-corrected chi connectivity index (χ0v) is 11.5. The summed E-state index contributed by atoms with van der Waals surface area (Å²) in [5, 5.41) is 15.4. The molecule has 1 amide bonds. The summed E-state index contributed by atoms with van der Waals surface area (Å²) in [5.41, 5.74) is 2.51. The fraction of sp³-hybridized carbons (Fsp3) is 0.533. The van der Waals surface area contributed by atoms with E-state index in [0.717, 1.165) is 6.42 Å². The zero-order valence-electron chi connectivity index (χ0n) is 11.5. The van der Waals surface area contributed by atoms with Crippen LogP contribution in [0.1, 0.15) is 24.5 Å². The lowest BCUT2D eigenvalue weighted by molar-refractivity contribution is -0.123. The number of carbonyl (C=O) groups is 1. The Morgan fingerprint density at radius 1 is 1.53 bits per heavy atom. The molecule has 1 saturated heterocycles. The molecule has 0 spiro atoms. The van der Waals surface area contributed by atoms with Crippen LogP contribution in [0.15, 0.2) is 24.3 Å². The monoisotopic (exact) mass is 262 g/mol. The van der Waals surface area contributed by atoms with Crippen LogP contribution in [0.25, 0.3) is 0 Å². The van der Waals surface area contributed by atoms with E-state index >= 15 is 0 Å². The molecule has 1 aromatic carbocycles. The second-order valence-electron chi connectivity index (χ2n) is 5.39. The number of β-amino-alcohol motifs (C(OH)–C–C–N with tert-alkyl or cyclic N) is 1. The maximum absolute atomic E-state index is 12.0. The molecule has 1 aromatic rings. The number of amides is 1. The number of carbonyl (C=O) groups excluding carboxylic acids is 1. The smallest absolute Gasteiger partial charge is 0.237 e. The summed E-state index contributed by atoms with van der Waals surface area (Å²) in [4.78, 5) is 12.0. The van der Waals surface area contributed by atoms with Crippen LogP contribution in [0.5, 0.6) is 0 Å². The van der Waals surface area contributed by atoms with Crippen molar-refractivity contribution in [2.24, 2.45) is 0 Å². The molecule has 0 aliphatic carbocycles. The van der Waals surface area contributed by atoms with Gasteiger partial charge in [0.15, 0.2) is 0 Å². The summed E-state index contributed by atoms with van der Waals surface area (Å²) in [6, 6.07) is 8.05. The van der Waals surface area contributed by atoms with Crippen molar-refractivity contribution in [3.05, 3.63) is 35.4 Å². The second kappa shape index (κ2) is 6.17. The number of aryl methyl sites for hydroxylation is 1. The second-order valence-corrected chi connectivity index (χ2v) is 5.39. The van der Waals surface area contributed by atoms with Crippen molar-refractivity contribution in [2.45, 2.75) is 44.9 Å². The molecule has 1 heterocycles. The minimum Gasteiger partial charge on any atom is -0.392 e. The summed E-state index contributed by atoms with van der Waals surface area (Å²) in [7, 11) is 0. The van der Waals surface area contributed by atoms with Crippen LogP contribution in [0.2, 0.25) is 0 Å². The van der Waals surface area contributed by atoms with Crippen molar-refractivity contribution in [3.8, 4) is 0 Å². The Morgan fingerprint density at radius 3 is 2.89 bits per heavy atom. The maximum Gasteiger partial charge on any atom is 0.237 e.